The van der Waals surface area contributed by atoms with Crippen LogP contribution in [0.1, 0.15) is 23.7 Å². The Kier molecular flexibility index (Phi) is 4.29. The number of carbonyl (C=O) groups is 1. The van der Waals surface area contributed by atoms with Gasteiger partial charge in [-0.25, -0.2) is 8.78 Å². The molecule has 0 spiro atoms. The molecule has 2 atom stereocenters. The van der Waals surface area contributed by atoms with Gasteiger partial charge < -0.3 is 9.32 Å². The van der Waals surface area contributed by atoms with Crippen LogP contribution in [0.4, 0.5) is 14.5 Å². The molecular formula is C21H17F2NO2. The number of hydrogen-bond acceptors (Lipinski definition) is 2. The number of carbonyl (C=O) groups excluding carboxylic acids is 1. The Hall–Kier alpha value is -2.95. The number of amides is 1. The third kappa shape index (κ3) is 3.25. The maximum Gasteiger partial charge on any atom is 0.231 e. The standard InChI is InChI=1S/C21H17F2NO2/c22-14-5-3-6-15(11-14)24(13-16-7-4-10-26-16)21(25)19-12-18(19)17-8-1-2-9-20(17)23/h1-11,18-19H,12-13H2/t18-,19+/m0/s1. The third-order valence-corrected chi connectivity index (χ3v) is 4.69. The summed E-state index contributed by atoms with van der Waals surface area (Å²) in [7, 11) is 0. The molecule has 3 aromatic rings. The average Bonchev–Trinajstić information content (AvgIpc) is 3.26. The number of rotatable bonds is 5. The van der Waals surface area contributed by atoms with Gasteiger partial charge in [-0.1, -0.05) is 24.3 Å². The van der Waals surface area contributed by atoms with Crippen LogP contribution in [0.3, 0.4) is 0 Å². The largest absolute Gasteiger partial charge is 0.467 e. The van der Waals surface area contributed by atoms with E-state index in [0.29, 0.717) is 23.4 Å². The van der Waals surface area contributed by atoms with Gasteiger partial charge in [0.15, 0.2) is 0 Å². The van der Waals surface area contributed by atoms with Gasteiger partial charge in [-0.3, -0.25) is 4.79 Å². The Balaban J connectivity index is 1.60. The van der Waals surface area contributed by atoms with E-state index in [-0.39, 0.29) is 30.1 Å². The molecule has 1 fully saturated rings. The Morgan fingerprint density at radius 2 is 1.92 bits per heavy atom. The first-order valence-electron chi connectivity index (χ1n) is 8.47. The molecule has 1 aliphatic rings. The van der Waals surface area contributed by atoms with Gasteiger partial charge in [-0.15, -0.1) is 0 Å². The SMILES string of the molecule is O=C([C@@H]1C[C@H]1c1ccccc1F)N(Cc1ccco1)c1cccc(F)c1. The molecule has 4 rings (SSSR count). The minimum Gasteiger partial charge on any atom is -0.467 e. The third-order valence-electron chi connectivity index (χ3n) is 4.69. The molecule has 1 aliphatic carbocycles. The number of furan rings is 1. The van der Waals surface area contributed by atoms with Crippen molar-refractivity contribution in [3.8, 4) is 0 Å². The topological polar surface area (TPSA) is 33.5 Å². The lowest BCUT2D eigenvalue weighted by atomic mass is 10.1. The van der Waals surface area contributed by atoms with E-state index in [1.165, 1.54) is 29.4 Å². The summed E-state index contributed by atoms with van der Waals surface area (Å²) in [5.74, 6) is -0.718. The highest BCUT2D eigenvalue weighted by molar-refractivity contribution is 5.97. The summed E-state index contributed by atoms with van der Waals surface area (Å²) in [5, 5.41) is 0. The van der Waals surface area contributed by atoms with E-state index in [2.05, 4.69) is 0 Å². The predicted octanol–water partition coefficient (Wildman–Crippen LogP) is 4.89. The van der Waals surface area contributed by atoms with Crippen LogP contribution in [0.5, 0.6) is 0 Å². The molecule has 0 N–H and O–H groups in total. The summed E-state index contributed by atoms with van der Waals surface area (Å²) in [6.45, 7) is 0.204. The second-order valence-corrected chi connectivity index (χ2v) is 6.45. The minimum absolute atomic E-state index is 0.142. The molecule has 2 aromatic carbocycles. The molecule has 132 valence electrons. The normalized spacial score (nSPS) is 18.5. The molecule has 3 nitrogen and oxygen atoms in total. The van der Waals surface area contributed by atoms with Gasteiger partial charge in [0.2, 0.25) is 5.91 Å². The highest BCUT2D eigenvalue weighted by Gasteiger charge is 2.47. The first-order chi connectivity index (χ1) is 12.6. The van der Waals surface area contributed by atoms with Gasteiger partial charge >= 0.3 is 0 Å². The van der Waals surface area contributed by atoms with E-state index in [1.54, 1.807) is 42.5 Å². The number of benzene rings is 2. The van der Waals surface area contributed by atoms with Crippen molar-refractivity contribution >= 4 is 11.6 Å². The average molecular weight is 353 g/mol. The van der Waals surface area contributed by atoms with Crippen molar-refractivity contribution in [3.05, 3.63) is 89.9 Å². The molecule has 1 aromatic heterocycles. The minimum atomic E-state index is -0.416. The van der Waals surface area contributed by atoms with Crippen molar-refractivity contribution < 1.29 is 18.0 Å². The van der Waals surface area contributed by atoms with Crippen molar-refractivity contribution in [2.24, 2.45) is 5.92 Å². The lowest BCUT2D eigenvalue weighted by Gasteiger charge is -2.22. The predicted molar refractivity (Wildman–Crippen MR) is 93.5 cm³/mol. The van der Waals surface area contributed by atoms with Crippen LogP contribution in [0.2, 0.25) is 0 Å². The second-order valence-electron chi connectivity index (χ2n) is 6.45. The number of anilines is 1. The van der Waals surface area contributed by atoms with E-state index in [0.717, 1.165) is 0 Å². The Labute approximate surface area is 149 Å². The fourth-order valence-electron chi connectivity index (χ4n) is 3.29. The Bertz CT molecular complexity index is 923. The second kappa shape index (κ2) is 6.75. The van der Waals surface area contributed by atoms with Crippen LogP contribution < -0.4 is 4.90 Å². The fraction of sp³-hybridized carbons (Fsp3) is 0.190. The highest BCUT2D eigenvalue weighted by atomic mass is 19.1. The first kappa shape index (κ1) is 16.5. The first-order valence-corrected chi connectivity index (χ1v) is 8.47. The number of nitrogens with zero attached hydrogens (tertiary/aromatic N) is 1. The zero-order chi connectivity index (χ0) is 18.1. The Morgan fingerprint density at radius 1 is 1.08 bits per heavy atom. The molecule has 0 saturated heterocycles. The molecule has 1 amide bonds. The summed E-state index contributed by atoms with van der Waals surface area (Å²) in [5.41, 5.74) is 1.02. The fourth-order valence-corrected chi connectivity index (χ4v) is 3.29. The number of halogens is 2. The molecular weight excluding hydrogens is 336 g/mol. The van der Waals surface area contributed by atoms with Crippen LogP contribution >= 0.6 is 0 Å². The van der Waals surface area contributed by atoms with Crippen molar-refractivity contribution in [3.63, 3.8) is 0 Å². The summed E-state index contributed by atoms with van der Waals surface area (Å²) >= 11 is 0. The van der Waals surface area contributed by atoms with Crippen LogP contribution in [0.15, 0.2) is 71.3 Å². The quantitative estimate of drug-likeness (QED) is 0.654. The van der Waals surface area contributed by atoms with Crippen molar-refractivity contribution in [2.75, 3.05) is 4.90 Å². The molecule has 0 radical (unpaired) electrons. The van der Waals surface area contributed by atoms with E-state index in [4.69, 9.17) is 4.42 Å². The van der Waals surface area contributed by atoms with Crippen LogP contribution in [0.25, 0.3) is 0 Å². The summed E-state index contributed by atoms with van der Waals surface area (Å²) in [6.07, 6.45) is 2.12. The Morgan fingerprint density at radius 3 is 2.65 bits per heavy atom. The van der Waals surface area contributed by atoms with Crippen molar-refractivity contribution in [1.29, 1.82) is 0 Å². The monoisotopic (exact) mass is 353 g/mol. The van der Waals surface area contributed by atoms with Gasteiger partial charge in [0.1, 0.15) is 17.4 Å². The van der Waals surface area contributed by atoms with E-state index >= 15 is 0 Å². The maximum absolute atomic E-state index is 14.0. The molecule has 0 unspecified atom stereocenters. The van der Waals surface area contributed by atoms with E-state index in [9.17, 15) is 13.6 Å². The van der Waals surface area contributed by atoms with Gasteiger partial charge in [0.25, 0.3) is 0 Å². The molecule has 1 heterocycles. The van der Waals surface area contributed by atoms with Gasteiger partial charge in [0, 0.05) is 11.6 Å². The van der Waals surface area contributed by atoms with Crippen LogP contribution in [0, 0.1) is 17.6 Å². The molecule has 26 heavy (non-hydrogen) atoms. The van der Waals surface area contributed by atoms with Crippen LogP contribution in [-0.2, 0) is 11.3 Å². The lowest BCUT2D eigenvalue weighted by molar-refractivity contribution is -0.120. The highest BCUT2D eigenvalue weighted by Crippen LogP contribution is 2.49. The molecule has 1 saturated carbocycles. The summed E-state index contributed by atoms with van der Waals surface area (Å²) < 4.78 is 33.0. The van der Waals surface area contributed by atoms with Gasteiger partial charge in [-0.2, -0.15) is 0 Å². The maximum atomic E-state index is 14.0. The number of hydrogen-bond donors (Lipinski definition) is 0. The van der Waals surface area contributed by atoms with E-state index < -0.39 is 5.82 Å². The smallest absolute Gasteiger partial charge is 0.231 e. The zero-order valence-electron chi connectivity index (χ0n) is 13.9. The molecule has 0 aliphatic heterocycles. The van der Waals surface area contributed by atoms with Crippen molar-refractivity contribution in [1.82, 2.24) is 0 Å². The summed E-state index contributed by atoms with van der Waals surface area (Å²) in [4.78, 5) is 14.6. The van der Waals surface area contributed by atoms with Gasteiger partial charge in [0.05, 0.1) is 12.8 Å². The summed E-state index contributed by atoms with van der Waals surface area (Å²) in [6, 6.07) is 15.9. The molecule has 0 bridgehead atoms. The van der Waals surface area contributed by atoms with Crippen LogP contribution in [-0.4, -0.2) is 5.91 Å². The zero-order valence-corrected chi connectivity index (χ0v) is 13.9. The van der Waals surface area contributed by atoms with Crippen molar-refractivity contribution in [2.45, 2.75) is 18.9 Å². The van der Waals surface area contributed by atoms with E-state index in [1.807, 2.05) is 0 Å². The van der Waals surface area contributed by atoms with Gasteiger partial charge in [-0.05, 0) is 54.3 Å². The molecule has 5 heteroatoms. The lowest BCUT2D eigenvalue weighted by Crippen LogP contribution is -2.32.